The van der Waals surface area contributed by atoms with Crippen LogP contribution in [0, 0.1) is 5.92 Å². The average Bonchev–Trinajstić information content (AvgIpc) is 2.55. The molecule has 0 spiro atoms. The van der Waals surface area contributed by atoms with E-state index in [2.05, 4.69) is 9.88 Å². The molecule has 1 aromatic heterocycles. The third-order valence-corrected chi connectivity index (χ3v) is 4.63. The molecule has 2 unspecified atom stereocenters. The van der Waals surface area contributed by atoms with Crippen molar-refractivity contribution in [2.24, 2.45) is 11.7 Å². The van der Waals surface area contributed by atoms with Crippen LogP contribution in [0.25, 0.3) is 0 Å². The molecule has 1 aliphatic carbocycles. The number of nitrogens with zero attached hydrogens (tertiary/aromatic N) is 3. The van der Waals surface area contributed by atoms with Gasteiger partial charge in [-0.2, -0.15) is 0 Å². The van der Waals surface area contributed by atoms with Gasteiger partial charge in [0.1, 0.15) is 5.82 Å². The molecule has 2 N–H and O–H groups in total. The third-order valence-electron chi connectivity index (χ3n) is 4.63. The van der Waals surface area contributed by atoms with Crippen LogP contribution in [-0.2, 0) is 4.79 Å². The van der Waals surface area contributed by atoms with E-state index in [1.54, 1.807) is 0 Å². The second-order valence-corrected chi connectivity index (χ2v) is 6.12. The Morgan fingerprint density at radius 1 is 1.19 bits per heavy atom. The van der Waals surface area contributed by atoms with Gasteiger partial charge in [-0.3, -0.25) is 4.79 Å². The summed E-state index contributed by atoms with van der Waals surface area (Å²) in [5.41, 5.74) is 6.00. The maximum absolute atomic E-state index is 12.6. The van der Waals surface area contributed by atoms with E-state index in [1.807, 2.05) is 29.3 Å². The fourth-order valence-corrected chi connectivity index (χ4v) is 3.41. The van der Waals surface area contributed by atoms with E-state index in [0.717, 1.165) is 57.7 Å². The predicted octanol–water partition coefficient (Wildman–Crippen LogP) is 1.25. The molecule has 5 heteroatoms. The smallest absolute Gasteiger partial charge is 0.225 e. The average molecular weight is 288 g/mol. The SMILES string of the molecule is NC1CCCC(C(=O)N2CCN(c3ccccn3)CC2)C1. The first kappa shape index (κ1) is 14.3. The van der Waals surface area contributed by atoms with Crippen LogP contribution in [0.4, 0.5) is 5.82 Å². The number of hydrogen-bond acceptors (Lipinski definition) is 4. The molecule has 3 rings (SSSR count). The molecular weight excluding hydrogens is 264 g/mol. The minimum absolute atomic E-state index is 0.148. The molecule has 2 atom stereocenters. The summed E-state index contributed by atoms with van der Waals surface area (Å²) in [6.07, 6.45) is 5.84. The molecule has 1 aromatic rings. The van der Waals surface area contributed by atoms with Crippen LogP contribution < -0.4 is 10.6 Å². The van der Waals surface area contributed by atoms with E-state index in [0.29, 0.717) is 5.91 Å². The Hall–Kier alpha value is -1.62. The molecule has 0 radical (unpaired) electrons. The number of piperazine rings is 1. The number of aromatic nitrogens is 1. The van der Waals surface area contributed by atoms with Crippen LogP contribution >= 0.6 is 0 Å². The Bertz CT molecular complexity index is 470. The van der Waals surface area contributed by atoms with Crippen molar-refractivity contribution < 1.29 is 4.79 Å². The highest BCUT2D eigenvalue weighted by Gasteiger charge is 2.30. The maximum Gasteiger partial charge on any atom is 0.225 e. The molecule has 1 saturated heterocycles. The molecule has 5 nitrogen and oxygen atoms in total. The monoisotopic (exact) mass is 288 g/mol. The first-order valence-electron chi connectivity index (χ1n) is 7.94. The van der Waals surface area contributed by atoms with Crippen LogP contribution in [0.3, 0.4) is 0 Å². The summed E-state index contributed by atoms with van der Waals surface area (Å²) in [4.78, 5) is 21.2. The van der Waals surface area contributed by atoms with E-state index in [-0.39, 0.29) is 12.0 Å². The number of amides is 1. The summed E-state index contributed by atoms with van der Waals surface area (Å²) in [6, 6.07) is 6.17. The Morgan fingerprint density at radius 2 is 2.00 bits per heavy atom. The van der Waals surface area contributed by atoms with Gasteiger partial charge in [0.05, 0.1) is 0 Å². The highest BCUT2D eigenvalue weighted by molar-refractivity contribution is 5.79. The zero-order chi connectivity index (χ0) is 14.7. The van der Waals surface area contributed by atoms with Crippen molar-refractivity contribution in [1.29, 1.82) is 0 Å². The Balaban J connectivity index is 1.54. The van der Waals surface area contributed by atoms with Crippen LogP contribution in [0.1, 0.15) is 25.7 Å². The van der Waals surface area contributed by atoms with Gasteiger partial charge in [-0.15, -0.1) is 0 Å². The molecule has 0 aromatic carbocycles. The quantitative estimate of drug-likeness (QED) is 0.889. The Kier molecular flexibility index (Phi) is 4.39. The number of nitrogens with two attached hydrogens (primary N) is 1. The molecule has 2 heterocycles. The number of anilines is 1. The van der Waals surface area contributed by atoms with Crippen LogP contribution in [0.5, 0.6) is 0 Å². The summed E-state index contributed by atoms with van der Waals surface area (Å²) in [5, 5.41) is 0. The molecule has 2 fully saturated rings. The van der Waals surface area contributed by atoms with Crippen molar-refractivity contribution in [3.05, 3.63) is 24.4 Å². The largest absolute Gasteiger partial charge is 0.353 e. The molecule has 21 heavy (non-hydrogen) atoms. The topological polar surface area (TPSA) is 62.5 Å². The van der Waals surface area contributed by atoms with Crippen molar-refractivity contribution >= 4 is 11.7 Å². The first-order chi connectivity index (χ1) is 10.2. The molecule has 2 aliphatic rings. The lowest BCUT2D eigenvalue weighted by Crippen LogP contribution is -2.51. The first-order valence-corrected chi connectivity index (χ1v) is 7.94. The number of hydrogen-bond donors (Lipinski definition) is 1. The van der Waals surface area contributed by atoms with Crippen molar-refractivity contribution in [2.75, 3.05) is 31.1 Å². The van der Waals surface area contributed by atoms with Crippen LogP contribution in [0.15, 0.2) is 24.4 Å². The zero-order valence-corrected chi connectivity index (χ0v) is 12.4. The number of rotatable bonds is 2. The highest BCUT2D eigenvalue weighted by atomic mass is 16.2. The summed E-state index contributed by atoms with van der Waals surface area (Å²) in [6.45, 7) is 3.31. The van der Waals surface area contributed by atoms with Gasteiger partial charge in [-0.25, -0.2) is 4.98 Å². The van der Waals surface area contributed by atoms with Gasteiger partial charge in [-0.05, 0) is 31.4 Å². The zero-order valence-electron chi connectivity index (χ0n) is 12.4. The lowest BCUT2D eigenvalue weighted by molar-refractivity contribution is -0.137. The van der Waals surface area contributed by atoms with Gasteiger partial charge in [0.2, 0.25) is 5.91 Å². The fourth-order valence-electron chi connectivity index (χ4n) is 3.41. The van der Waals surface area contributed by atoms with Crippen LogP contribution in [-0.4, -0.2) is 48.0 Å². The third kappa shape index (κ3) is 3.35. The fraction of sp³-hybridized carbons (Fsp3) is 0.625. The van der Waals surface area contributed by atoms with Crippen molar-refractivity contribution in [3.63, 3.8) is 0 Å². The summed E-state index contributed by atoms with van der Waals surface area (Å²) < 4.78 is 0. The second-order valence-electron chi connectivity index (χ2n) is 6.12. The summed E-state index contributed by atoms with van der Waals surface area (Å²) in [7, 11) is 0. The molecule has 1 saturated carbocycles. The minimum Gasteiger partial charge on any atom is -0.353 e. The molecule has 0 bridgehead atoms. The minimum atomic E-state index is 0.148. The van der Waals surface area contributed by atoms with Crippen molar-refractivity contribution in [3.8, 4) is 0 Å². The standard InChI is InChI=1S/C16H24N4O/c17-14-5-3-4-13(12-14)16(21)20-10-8-19(9-11-20)15-6-1-2-7-18-15/h1-2,6-7,13-14H,3-5,8-12,17H2. The van der Waals surface area contributed by atoms with Gasteiger partial charge < -0.3 is 15.5 Å². The molecule has 1 aliphatic heterocycles. The lowest BCUT2D eigenvalue weighted by Gasteiger charge is -2.38. The van der Waals surface area contributed by atoms with E-state index in [9.17, 15) is 4.79 Å². The summed E-state index contributed by atoms with van der Waals surface area (Å²) >= 11 is 0. The van der Waals surface area contributed by atoms with Gasteiger partial charge in [0, 0.05) is 44.3 Å². The molecular formula is C16H24N4O. The Morgan fingerprint density at radius 3 is 2.67 bits per heavy atom. The predicted molar refractivity (Wildman–Crippen MR) is 83.0 cm³/mol. The molecule has 1 amide bonds. The lowest BCUT2D eigenvalue weighted by atomic mass is 9.85. The van der Waals surface area contributed by atoms with Gasteiger partial charge in [0.15, 0.2) is 0 Å². The summed E-state index contributed by atoms with van der Waals surface area (Å²) in [5.74, 6) is 1.46. The van der Waals surface area contributed by atoms with Gasteiger partial charge in [0.25, 0.3) is 0 Å². The molecule has 114 valence electrons. The number of carbonyl (C=O) groups excluding carboxylic acids is 1. The van der Waals surface area contributed by atoms with Gasteiger partial charge in [-0.1, -0.05) is 12.5 Å². The Labute approximate surface area is 126 Å². The van der Waals surface area contributed by atoms with Crippen molar-refractivity contribution in [1.82, 2.24) is 9.88 Å². The maximum atomic E-state index is 12.6. The number of pyridine rings is 1. The van der Waals surface area contributed by atoms with Crippen LogP contribution in [0.2, 0.25) is 0 Å². The van der Waals surface area contributed by atoms with E-state index in [1.165, 1.54) is 0 Å². The van der Waals surface area contributed by atoms with Gasteiger partial charge >= 0.3 is 0 Å². The van der Waals surface area contributed by atoms with E-state index < -0.39 is 0 Å². The van der Waals surface area contributed by atoms with E-state index >= 15 is 0 Å². The normalized spacial score (nSPS) is 26.7. The van der Waals surface area contributed by atoms with Crippen molar-refractivity contribution in [2.45, 2.75) is 31.7 Å². The number of carbonyl (C=O) groups is 1. The highest BCUT2D eigenvalue weighted by Crippen LogP contribution is 2.25. The second kappa shape index (κ2) is 6.43. The van der Waals surface area contributed by atoms with E-state index in [4.69, 9.17) is 5.73 Å².